The van der Waals surface area contributed by atoms with Crippen LogP contribution < -0.4 is 10.1 Å². The Morgan fingerprint density at radius 3 is 2.54 bits per heavy atom. The van der Waals surface area contributed by atoms with Gasteiger partial charge in [0.1, 0.15) is 16.5 Å². The molecule has 28 heavy (non-hydrogen) atoms. The lowest BCUT2D eigenvalue weighted by Crippen LogP contribution is -2.34. The minimum atomic E-state index is -0.178. The zero-order valence-electron chi connectivity index (χ0n) is 17.2. The highest BCUT2D eigenvalue weighted by molar-refractivity contribution is 7.09. The van der Waals surface area contributed by atoms with Gasteiger partial charge in [-0.1, -0.05) is 39.8 Å². The molecule has 0 bridgehead atoms. The maximum atomic E-state index is 13.1. The van der Waals surface area contributed by atoms with E-state index in [2.05, 4.69) is 24.1 Å². The first-order chi connectivity index (χ1) is 13.3. The van der Waals surface area contributed by atoms with Crippen molar-refractivity contribution in [3.63, 3.8) is 0 Å². The van der Waals surface area contributed by atoms with Crippen molar-refractivity contribution < 1.29 is 14.3 Å². The van der Waals surface area contributed by atoms with Gasteiger partial charge in [0.2, 0.25) is 0 Å². The van der Waals surface area contributed by atoms with Crippen LogP contribution in [-0.2, 0) is 6.54 Å². The number of thiazole rings is 1. The number of benzene rings is 1. The first-order valence-electron chi connectivity index (χ1n) is 9.46. The number of aromatic nitrogens is 1. The average molecular weight is 404 g/mol. The third kappa shape index (κ3) is 6.05. The molecule has 0 spiro atoms. The van der Waals surface area contributed by atoms with Crippen LogP contribution in [0.4, 0.5) is 0 Å². The fraction of sp³-hybridized carbons (Fsp3) is 0.476. The van der Waals surface area contributed by atoms with Crippen LogP contribution in [0.25, 0.3) is 0 Å². The van der Waals surface area contributed by atoms with E-state index >= 15 is 0 Å². The highest BCUT2D eigenvalue weighted by Crippen LogP contribution is 2.22. The number of amides is 2. The van der Waals surface area contributed by atoms with E-state index in [0.29, 0.717) is 48.5 Å². The topological polar surface area (TPSA) is 71.5 Å². The lowest BCUT2D eigenvalue weighted by atomic mass is 10.1. The van der Waals surface area contributed by atoms with Crippen LogP contribution >= 0.6 is 11.3 Å². The minimum Gasteiger partial charge on any atom is -0.496 e. The molecule has 152 valence electrons. The Hall–Kier alpha value is -2.41. The van der Waals surface area contributed by atoms with Crippen molar-refractivity contribution in [2.24, 2.45) is 11.8 Å². The Morgan fingerprint density at radius 1 is 1.18 bits per heavy atom. The zero-order valence-corrected chi connectivity index (χ0v) is 18.0. The highest BCUT2D eigenvalue weighted by atomic mass is 32.1. The molecule has 0 aliphatic rings. The second-order valence-electron chi connectivity index (χ2n) is 7.51. The molecule has 2 amide bonds. The van der Waals surface area contributed by atoms with Crippen LogP contribution in [0, 0.1) is 11.8 Å². The van der Waals surface area contributed by atoms with Crippen LogP contribution in [0.5, 0.6) is 5.75 Å². The number of nitrogens with one attached hydrogen (secondary N) is 1. The van der Waals surface area contributed by atoms with Gasteiger partial charge < -0.3 is 15.0 Å². The monoisotopic (exact) mass is 403 g/mol. The highest BCUT2D eigenvalue weighted by Gasteiger charge is 2.22. The summed E-state index contributed by atoms with van der Waals surface area (Å²) < 4.78 is 5.34. The molecule has 1 N–H and O–H groups in total. The van der Waals surface area contributed by atoms with E-state index in [0.717, 1.165) is 5.01 Å². The summed E-state index contributed by atoms with van der Waals surface area (Å²) in [6.07, 6.45) is 0. The zero-order chi connectivity index (χ0) is 20.7. The van der Waals surface area contributed by atoms with Crippen LogP contribution in [0.2, 0.25) is 0 Å². The standard InChI is InChI=1S/C21H29N3O3S/c1-14(2)10-22-20(25)17-13-28-19(23-17)12-24(11-15(3)4)21(26)16-8-6-7-9-18(16)27-5/h6-9,13-15H,10-12H2,1-5H3,(H,22,25). The summed E-state index contributed by atoms with van der Waals surface area (Å²) >= 11 is 1.39. The molecule has 1 aromatic heterocycles. The summed E-state index contributed by atoms with van der Waals surface area (Å²) in [6, 6.07) is 7.21. The van der Waals surface area contributed by atoms with Crippen molar-refractivity contribution >= 4 is 23.2 Å². The molecule has 6 nitrogen and oxygen atoms in total. The first kappa shape index (κ1) is 21.9. The molecule has 0 unspecified atom stereocenters. The SMILES string of the molecule is COc1ccccc1C(=O)N(Cc1nc(C(=O)NCC(C)C)cs1)CC(C)C. The number of hydrogen-bond acceptors (Lipinski definition) is 5. The molecule has 1 aromatic carbocycles. The lowest BCUT2D eigenvalue weighted by molar-refractivity contribution is 0.0719. The van der Waals surface area contributed by atoms with Gasteiger partial charge in [-0.3, -0.25) is 9.59 Å². The molecule has 0 atom stereocenters. The average Bonchev–Trinajstić information content (AvgIpc) is 3.13. The molecule has 2 rings (SSSR count). The van der Waals surface area contributed by atoms with Crippen LogP contribution in [0.3, 0.4) is 0 Å². The number of carbonyl (C=O) groups excluding carboxylic acids is 2. The summed E-state index contributed by atoms with van der Waals surface area (Å²) in [6.45, 7) is 9.77. The molecule has 0 fully saturated rings. The van der Waals surface area contributed by atoms with Gasteiger partial charge in [0, 0.05) is 18.5 Å². The second-order valence-corrected chi connectivity index (χ2v) is 8.45. The molecule has 0 radical (unpaired) electrons. The van der Waals surface area contributed by atoms with Gasteiger partial charge in [0.05, 0.1) is 19.2 Å². The predicted molar refractivity (Wildman–Crippen MR) is 112 cm³/mol. The van der Waals surface area contributed by atoms with E-state index in [4.69, 9.17) is 4.74 Å². The van der Waals surface area contributed by atoms with Crippen molar-refractivity contribution in [3.05, 3.63) is 45.9 Å². The van der Waals surface area contributed by atoms with Crippen molar-refractivity contribution in [3.8, 4) is 5.75 Å². The summed E-state index contributed by atoms with van der Waals surface area (Å²) in [5.41, 5.74) is 0.923. The van der Waals surface area contributed by atoms with Crippen molar-refractivity contribution in [1.29, 1.82) is 0 Å². The number of rotatable bonds is 9. The quantitative estimate of drug-likeness (QED) is 0.691. The third-order valence-electron chi connectivity index (χ3n) is 3.99. The number of hydrogen-bond donors (Lipinski definition) is 1. The van der Waals surface area contributed by atoms with Crippen molar-refractivity contribution in [1.82, 2.24) is 15.2 Å². The van der Waals surface area contributed by atoms with Crippen LogP contribution in [0.15, 0.2) is 29.6 Å². The summed E-state index contributed by atoms with van der Waals surface area (Å²) in [7, 11) is 1.56. The number of para-hydroxylation sites is 1. The molecular weight excluding hydrogens is 374 g/mol. The van der Waals surface area contributed by atoms with E-state index in [1.165, 1.54) is 11.3 Å². The van der Waals surface area contributed by atoms with E-state index in [1.54, 1.807) is 29.5 Å². The largest absolute Gasteiger partial charge is 0.496 e. The van der Waals surface area contributed by atoms with Gasteiger partial charge in [-0.15, -0.1) is 11.3 Å². The van der Waals surface area contributed by atoms with Gasteiger partial charge >= 0.3 is 0 Å². The van der Waals surface area contributed by atoms with E-state index in [9.17, 15) is 9.59 Å². The third-order valence-corrected chi connectivity index (χ3v) is 4.83. The number of ether oxygens (including phenoxy) is 1. The fourth-order valence-corrected chi connectivity index (χ4v) is 3.48. The Morgan fingerprint density at radius 2 is 1.89 bits per heavy atom. The number of carbonyl (C=O) groups is 2. The molecule has 0 aliphatic carbocycles. The fourth-order valence-electron chi connectivity index (χ4n) is 2.69. The van der Waals surface area contributed by atoms with E-state index in [1.807, 2.05) is 26.0 Å². The summed E-state index contributed by atoms with van der Waals surface area (Å²) in [5, 5.41) is 5.35. The second kappa shape index (κ2) is 10.2. The molecular formula is C21H29N3O3S. The molecule has 7 heteroatoms. The van der Waals surface area contributed by atoms with Gasteiger partial charge in [-0.2, -0.15) is 0 Å². The number of methoxy groups -OCH3 is 1. The van der Waals surface area contributed by atoms with Crippen LogP contribution in [-0.4, -0.2) is 41.9 Å². The van der Waals surface area contributed by atoms with Gasteiger partial charge in [-0.05, 0) is 24.0 Å². The number of nitrogens with zero attached hydrogens (tertiary/aromatic N) is 2. The Balaban J connectivity index is 2.16. The normalized spacial score (nSPS) is 11.0. The van der Waals surface area contributed by atoms with Gasteiger partial charge in [-0.25, -0.2) is 4.98 Å². The molecule has 0 saturated heterocycles. The Labute approximate surface area is 170 Å². The first-order valence-corrected chi connectivity index (χ1v) is 10.3. The summed E-state index contributed by atoms with van der Waals surface area (Å²) in [4.78, 5) is 31.5. The Kier molecular flexibility index (Phi) is 7.99. The maximum absolute atomic E-state index is 13.1. The van der Waals surface area contributed by atoms with Gasteiger partial charge in [0.15, 0.2) is 0 Å². The van der Waals surface area contributed by atoms with Crippen molar-refractivity contribution in [2.75, 3.05) is 20.2 Å². The minimum absolute atomic E-state index is 0.104. The van der Waals surface area contributed by atoms with Gasteiger partial charge in [0.25, 0.3) is 11.8 Å². The maximum Gasteiger partial charge on any atom is 0.270 e. The molecule has 0 saturated carbocycles. The summed E-state index contributed by atoms with van der Waals surface area (Å²) in [5.74, 6) is 0.943. The molecule has 0 aliphatic heterocycles. The Bertz CT molecular complexity index is 802. The van der Waals surface area contributed by atoms with Crippen LogP contribution in [0.1, 0.15) is 53.5 Å². The van der Waals surface area contributed by atoms with Crippen molar-refractivity contribution in [2.45, 2.75) is 34.2 Å². The molecule has 1 heterocycles. The lowest BCUT2D eigenvalue weighted by Gasteiger charge is -2.24. The van der Waals surface area contributed by atoms with E-state index < -0.39 is 0 Å². The van der Waals surface area contributed by atoms with E-state index in [-0.39, 0.29) is 11.8 Å². The predicted octanol–water partition coefficient (Wildman–Crippen LogP) is 3.84. The smallest absolute Gasteiger partial charge is 0.270 e. The molecule has 2 aromatic rings.